The molecule has 1 fully saturated rings. The van der Waals surface area contributed by atoms with Gasteiger partial charge in [-0.1, -0.05) is 43.7 Å². The van der Waals surface area contributed by atoms with Crippen LogP contribution in [0, 0.1) is 12.8 Å². The van der Waals surface area contributed by atoms with Crippen molar-refractivity contribution in [3.8, 4) is 0 Å². The molecule has 154 valence electrons. The first-order chi connectivity index (χ1) is 13.7. The Bertz CT molecular complexity index is 1040. The first-order valence-electron chi connectivity index (χ1n) is 10.2. The molecule has 2 aliphatic heterocycles. The van der Waals surface area contributed by atoms with Crippen LogP contribution in [0.25, 0.3) is 0 Å². The van der Waals surface area contributed by atoms with Crippen molar-refractivity contribution in [1.82, 2.24) is 4.90 Å². The predicted octanol–water partition coefficient (Wildman–Crippen LogP) is 3.83. The Labute approximate surface area is 173 Å². The summed E-state index contributed by atoms with van der Waals surface area (Å²) in [6.45, 7) is 7.47. The summed E-state index contributed by atoms with van der Waals surface area (Å²) in [5.41, 5.74) is 3.61. The van der Waals surface area contributed by atoms with Gasteiger partial charge in [0, 0.05) is 23.9 Å². The SMILES string of the molecule is Cc1ccc2c(c1)[C@H]1CN(C)CC[C@@H]1N2S(=O)(=O)c1ccc(C(=O)C(C)C)cc1. The van der Waals surface area contributed by atoms with Crippen molar-refractivity contribution in [2.45, 2.75) is 44.0 Å². The Balaban J connectivity index is 1.76. The highest BCUT2D eigenvalue weighted by atomic mass is 32.2. The Hall–Kier alpha value is -2.18. The van der Waals surface area contributed by atoms with E-state index in [-0.39, 0.29) is 28.6 Å². The second-order valence-electron chi connectivity index (χ2n) is 8.63. The average Bonchev–Trinajstić information content (AvgIpc) is 3.01. The molecule has 2 aromatic rings. The van der Waals surface area contributed by atoms with Crippen molar-refractivity contribution >= 4 is 21.5 Å². The number of likely N-dealkylation sites (N-methyl/N-ethyl adjacent to an activating group) is 1. The van der Waals surface area contributed by atoms with Crippen molar-refractivity contribution in [3.05, 3.63) is 59.2 Å². The van der Waals surface area contributed by atoms with Crippen LogP contribution < -0.4 is 4.31 Å². The fraction of sp³-hybridized carbons (Fsp3) is 0.435. The quantitative estimate of drug-likeness (QED) is 0.716. The van der Waals surface area contributed by atoms with Crippen molar-refractivity contribution in [2.75, 3.05) is 24.4 Å². The molecule has 2 aromatic carbocycles. The lowest BCUT2D eigenvalue weighted by Crippen LogP contribution is -2.47. The molecule has 0 aliphatic carbocycles. The van der Waals surface area contributed by atoms with Gasteiger partial charge in [0.1, 0.15) is 0 Å². The van der Waals surface area contributed by atoms with E-state index in [9.17, 15) is 13.2 Å². The number of rotatable bonds is 4. The van der Waals surface area contributed by atoms with E-state index in [1.807, 2.05) is 32.9 Å². The Kier molecular flexibility index (Phi) is 5.03. The predicted molar refractivity (Wildman–Crippen MR) is 115 cm³/mol. The smallest absolute Gasteiger partial charge is 0.264 e. The summed E-state index contributed by atoms with van der Waals surface area (Å²) in [6.07, 6.45) is 0.804. The monoisotopic (exact) mass is 412 g/mol. The molecule has 0 aromatic heterocycles. The number of sulfonamides is 1. The maximum absolute atomic E-state index is 13.7. The zero-order chi connectivity index (χ0) is 20.9. The van der Waals surface area contributed by atoms with Gasteiger partial charge in [0.2, 0.25) is 0 Å². The van der Waals surface area contributed by atoms with Gasteiger partial charge in [0.05, 0.1) is 16.6 Å². The molecular formula is C23H28N2O3S. The number of carbonyl (C=O) groups excluding carboxylic acids is 1. The first-order valence-corrected chi connectivity index (χ1v) is 11.6. The van der Waals surface area contributed by atoms with Gasteiger partial charge in [0.25, 0.3) is 10.0 Å². The Morgan fingerprint density at radius 1 is 1.10 bits per heavy atom. The molecule has 0 bridgehead atoms. The second kappa shape index (κ2) is 7.26. The number of hydrogen-bond donors (Lipinski definition) is 0. The number of fused-ring (bicyclic) bond motifs is 3. The number of ketones is 1. The highest BCUT2D eigenvalue weighted by Gasteiger charge is 2.46. The molecule has 0 N–H and O–H groups in total. The van der Waals surface area contributed by atoms with Crippen LogP contribution in [0.1, 0.15) is 47.7 Å². The van der Waals surface area contributed by atoms with E-state index in [0.29, 0.717) is 5.56 Å². The van der Waals surface area contributed by atoms with Gasteiger partial charge in [-0.05, 0) is 50.7 Å². The third-order valence-corrected chi connectivity index (χ3v) is 7.97. The van der Waals surface area contributed by atoms with Crippen LogP contribution in [0.5, 0.6) is 0 Å². The topological polar surface area (TPSA) is 57.7 Å². The minimum atomic E-state index is -3.71. The van der Waals surface area contributed by atoms with Gasteiger partial charge in [-0.25, -0.2) is 8.42 Å². The molecule has 0 saturated carbocycles. The molecule has 4 rings (SSSR count). The van der Waals surface area contributed by atoms with Gasteiger partial charge < -0.3 is 4.90 Å². The average molecular weight is 413 g/mol. The van der Waals surface area contributed by atoms with Crippen molar-refractivity contribution in [1.29, 1.82) is 0 Å². The molecule has 1 saturated heterocycles. The zero-order valence-electron chi connectivity index (χ0n) is 17.4. The minimum Gasteiger partial charge on any atom is -0.306 e. The highest BCUT2D eigenvalue weighted by molar-refractivity contribution is 7.92. The molecule has 5 nitrogen and oxygen atoms in total. The van der Waals surface area contributed by atoms with Crippen molar-refractivity contribution in [2.24, 2.45) is 5.92 Å². The minimum absolute atomic E-state index is 0.0197. The standard InChI is InChI=1S/C23H28N2O3S/c1-15(2)23(26)17-6-8-18(9-7-17)29(27,28)25-21-10-5-16(3)13-19(21)20-14-24(4)12-11-22(20)25/h5-10,13,15,20,22H,11-12,14H2,1-4H3/t20-,22+/m1/s1. The van der Waals surface area contributed by atoms with Gasteiger partial charge in [-0.3, -0.25) is 9.10 Å². The van der Waals surface area contributed by atoms with E-state index in [1.165, 1.54) is 0 Å². The lowest BCUT2D eigenvalue weighted by Gasteiger charge is -2.36. The van der Waals surface area contributed by atoms with Crippen LogP contribution in [0.4, 0.5) is 5.69 Å². The maximum Gasteiger partial charge on any atom is 0.264 e. The Morgan fingerprint density at radius 2 is 1.79 bits per heavy atom. The van der Waals surface area contributed by atoms with E-state index < -0.39 is 10.0 Å². The number of carbonyl (C=O) groups is 1. The number of aryl methyl sites for hydroxylation is 1. The summed E-state index contributed by atoms with van der Waals surface area (Å²) in [7, 11) is -1.62. The van der Waals surface area contributed by atoms with Crippen molar-refractivity contribution < 1.29 is 13.2 Å². The van der Waals surface area contributed by atoms with Gasteiger partial charge in [-0.15, -0.1) is 0 Å². The molecule has 6 heteroatoms. The molecule has 0 spiro atoms. The summed E-state index contributed by atoms with van der Waals surface area (Å²) in [5, 5.41) is 0. The fourth-order valence-corrected chi connectivity index (χ4v) is 6.33. The number of anilines is 1. The van der Waals surface area contributed by atoms with Crippen LogP contribution in [0.15, 0.2) is 47.4 Å². The number of nitrogens with zero attached hydrogens (tertiary/aromatic N) is 2. The van der Waals surface area contributed by atoms with Crippen LogP contribution in [-0.2, 0) is 10.0 Å². The van der Waals surface area contributed by atoms with E-state index >= 15 is 0 Å². The largest absolute Gasteiger partial charge is 0.306 e. The summed E-state index contributed by atoms with van der Waals surface area (Å²) >= 11 is 0. The van der Waals surface area contributed by atoms with Crippen LogP contribution in [0.3, 0.4) is 0 Å². The van der Waals surface area contributed by atoms with Crippen LogP contribution >= 0.6 is 0 Å². The maximum atomic E-state index is 13.7. The second-order valence-corrected chi connectivity index (χ2v) is 10.4. The highest BCUT2D eigenvalue weighted by Crippen LogP contribution is 2.47. The number of likely N-dealkylation sites (tertiary alicyclic amines) is 1. The molecule has 2 heterocycles. The molecule has 0 radical (unpaired) electrons. The lowest BCUT2D eigenvalue weighted by molar-refractivity contribution is 0.0939. The molecule has 2 aliphatic rings. The third-order valence-electron chi connectivity index (χ3n) is 6.12. The fourth-order valence-electron chi connectivity index (χ4n) is 4.58. The molecule has 29 heavy (non-hydrogen) atoms. The normalized spacial score (nSPS) is 21.9. The summed E-state index contributed by atoms with van der Waals surface area (Å²) in [4.78, 5) is 14.7. The lowest BCUT2D eigenvalue weighted by atomic mass is 9.89. The van der Waals surface area contributed by atoms with E-state index in [2.05, 4.69) is 18.0 Å². The summed E-state index contributed by atoms with van der Waals surface area (Å²) < 4.78 is 29.0. The third kappa shape index (κ3) is 3.38. The van der Waals surface area contributed by atoms with Crippen LogP contribution in [0.2, 0.25) is 0 Å². The first kappa shape index (κ1) is 20.1. The number of hydrogen-bond acceptors (Lipinski definition) is 4. The van der Waals surface area contributed by atoms with Crippen LogP contribution in [-0.4, -0.2) is 45.3 Å². The van der Waals surface area contributed by atoms with E-state index in [4.69, 9.17) is 0 Å². The molecule has 2 atom stereocenters. The van der Waals surface area contributed by atoms with Crippen molar-refractivity contribution in [3.63, 3.8) is 0 Å². The molecule has 0 unspecified atom stereocenters. The van der Waals surface area contributed by atoms with Gasteiger partial charge in [0.15, 0.2) is 5.78 Å². The number of benzene rings is 2. The Morgan fingerprint density at radius 3 is 2.45 bits per heavy atom. The zero-order valence-corrected chi connectivity index (χ0v) is 18.2. The van der Waals surface area contributed by atoms with Gasteiger partial charge >= 0.3 is 0 Å². The molecule has 0 amide bonds. The number of Topliss-reactive ketones (excluding diaryl/α,β-unsaturated/α-hetero) is 1. The summed E-state index contributed by atoms with van der Waals surface area (Å²) in [5.74, 6) is 0.0812. The summed E-state index contributed by atoms with van der Waals surface area (Å²) in [6, 6.07) is 12.4. The van der Waals surface area contributed by atoms with Gasteiger partial charge in [-0.2, -0.15) is 0 Å². The van der Waals surface area contributed by atoms with E-state index in [0.717, 1.165) is 36.3 Å². The number of piperidine rings is 1. The van der Waals surface area contributed by atoms with E-state index in [1.54, 1.807) is 28.6 Å². The molecular weight excluding hydrogens is 384 g/mol.